The number of carbonyl (C=O) groups excluding carboxylic acids is 1. The predicted octanol–water partition coefficient (Wildman–Crippen LogP) is 4.45. The van der Waals surface area contributed by atoms with E-state index in [1.165, 1.54) is 38.4 Å². The van der Waals surface area contributed by atoms with Crippen LogP contribution in [0.2, 0.25) is 0 Å². The van der Waals surface area contributed by atoms with Gasteiger partial charge < -0.3 is 10.6 Å². The van der Waals surface area contributed by atoms with Gasteiger partial charge in [-0.05, 0) is 58.8 Å². The summed E-state index contributed by atoms with van der Waals surface area (Å²) >= 11 is 0. The molecule has 0 spiro atoms. The van der Waals surface area contributed by atoms with E-state index in [4.69, 9.17) is 0 Å². The van der Waals surface area contributed by atoms with Gasteiger partial charge in [0.15, 0.2) is 0 Å². The molecule has 2 amide bonds. The van der Waals surface area contributed by atoms with E-state index in [0.29, 0.717) is 16.7 Å². The molecule has 0 saturated carbocycles. The SMILES string of the molecule is CN(C)S(=O)(=O)c1ccc(-c2ccc(NC(=O)Nc3cccc(C(F)(F)F)c3)c(-c3nn[nH]n3)c2)cc1. The third kappa shape index (κ3) is 5.76. The third-order valence-corrected chi connectivity index (χ3v) is 7.10. The third-order valence-electron chi connectivity index (χ3n) is 5.27. The molecular formula is C23H20F3N7O3S. The van der Waals surface area contributed by atoms with Gasteiger partial charge in [-0.1, -0.05) is 24.3 Å². The standard InChI is InChI=1S/C23H20F3N7O3S/c1-33(2)37(35,36)18-9-6-14(7-10-18)15-8-11-20(19(12-15)21-29-31-32-30-21)28-22(34)27-17-5-3-4-16(13-17)23(24,25)26/h3-13H,1-2H3,(H2,27,28,34)(H,29,30,31,32). The van der Waals surface area contributed by atoms with E-state index in [-0.39, 0.29) is 22.1 Å². The molecule has 4 rings (SSSR count). The number of hydrogen-bond acceptors (Lipinski definition) is 6. The quantitative estimate of drug-likeness (QED) is 0.337. The monoisotopic (exact) mass is 531 g/mol. The highest BCUT2D eigenvalue weighted by Gasteiger charge is 2.30. The number of sulfonamides is 1. The van der Waals surface area contributed by atoms with Gasteiger partial charge in [0.1, 0.15) is 0 Å². The van der Waals surface area contributed by atoms with Crippen molar-refractivity contribution in [3.05, 3.63) is 72.3 Å². The smallest absolute Gasteiger partial charge is 0.308 e. The average Bonchev–Trinajstić information content (AvgIpc) is 3.39. The highest BCUT2D eigenvalue weighted by Crippen LogP contribution is 2.33. The Bertz CT molecular complexity index is 1520. The normalized spacial score (nSPS) is 11.9. The van der Waals surface area contributed by atoms with Gasteiger partial charge in [-0.2, -0.15) is 18.4 Å². The molecule has 1 heterocycles. The minimum atomic E-state index is -4.55. The Kier molecular flexibility index (Phi) is 6.96. The van der Waals surface area contributed by atoms with E-state index < -0.39 is 27.8 Å². The molecule has 14 heteroatoms. The van der Waals surface area contributed by atoms with Gasteiger partial charge in [0.2, 0.25) is 15.8 Å². The Balaban J connectivity index is 1.61. The number of halogens is 3. The zero-order valence-corrected chi connectivity index (χ0v) is 20.2. The molecule has 3 aromatic carbocycles. The summed E-state index contributed by atoms with van der Waals surface area (Å²) in [5.74, 6) is 0.156. The molecule has 4 aromatic rings. The number of urea groups is 1. The highest BCUT2D eigenvalue weighted by molar-refractivity contribution is 7.89. The Hall–Kier alpha value is -4.30. The van der Waals surface area contributed by atoms with Crippen molar-refractivity contribution in [2.45, 2.75) is 11.1 Å². The fourth-order valence-corrected chi connectivity index (χ4v) is 4.28. The average molecular weight is 532 g/mol. The first-order valence-electron chi connectivity index (χ1n) is 10.6. The maximum Gasteiger partial charge on any atom is 0.416 e. The van der Waals surface area contributed by atoms with E-state index in [2.05, 4.69) is 31.3 Å². The van der Waals surface area contributed by atoms with Crippen LogP contribution < -0.4 is 10.6 Å². The fraction of sp³-hybridized carbons (Fsp3) is 0.130. The van der Waals surface area contributed by atoms with Crippen LogP contribution >= 0.6 is 0 Å². The molecule has 10 nitrogen and oxygen atoms in total. The number of nitrogens with one attached hydrogen (secondary N) is 3. The number of carbonyl (C=O) groups is 1. The van der Waals surface area contributed by atoms with Gasteiger partial charge >= 0.3 is 12.2 Å². The van der Waals surface area contributed by atoms with Gasteiger partial charge in [-0.15, -0.1) is 10.2 Å². The van der Waals surface area contributed by atoms with E-state index in [1.807, 2.05) is 0 Å². The van der Waals surface area contributed by atoms with Crippen molar-refractivity contribution in [2.75, 3.05) is 24.7 Å². The van der Waals surface area contributed by atoms with Gasteiger partial charge in [-0.3, -0.25) is 0 Å². The number of amides is 2. The van der Waals surface area contributed by atoms with E-state index in [1.54, 1.807) is 30.3 Å². The number of H-pyrrole nitrogens is 1. The van der Waals surface area contributed by atoms with Crippen LogP contribution in [0.3, 0.4) is 0 Å². The second kappa shape index (κ2) is 9.99. The zero-order valence-electron chi connectivity index (χ0n) is 19.4. The lowest BCUT2D eigenvalue weighted by Crippen LogP contribution is -2.22. The van der Waals surface area contributed by atoms with Crippen LogP contribution in [0, 0.1) is 0 Å². The van der Waals surface area contributed by atoms with Crippen molar-refractivity contribution in [1.29, 1.82) is 0 Å². The summed E-state index contributed by atoms with van der Waals surface area (Å²) < 4.78 is 64.7. The number of hydrogen-bond donors (Lipinski definition) is 3. The van der Waals surface area contributed by atoms with Crippen LogP contribution in [-0.4, -0.2) is 53.5 Å². The van der Waals surface area contributed by atoms with Crippen LogP contribution in [0.4, 0.5) is 29.3 Å². The fourth-order valence-electron chi connectivity index (χ4n) is 3.38. The van der Waals surface area contributed by atoms with Crippen LogP contribution in [0.25, 0.3) is 22.5 Å². The second-order valence-corrected chi connectivity index (χ2v) is 10.1. The van der Waals surface area contributed by atoms with Crippen molar-refractivity contribution < 1.29 is 26.4 Å². The molecule has 1 aromatic heterocycles. The zero-order chi connectivity index (χ0) is 26.8. The number of tetrazole rings is 1. The first-order chi connectivity index (χ1) is 17.4. The van der Waals surface area contributed by atoms with Crippen LogP contribution in [0.1, 0.15) is 5.56 Å². The van der Waals surface area contributed by atoms with Crippen molar-refractivity contribution in [3.63, 3.8) is 0 Å². The van der Waals surface area contributed by atoms with Crippen LogP contribution in [-0.2, 0) is 16.2 Å². The Morgan fingerprint density at radius 1 is 0.946 bits per heavy atom. The molecule has 37 heavy (non-hydrogen) atoms. The molecule has 0 radical (unpaired) electrons. The predicted molar refractivity (Wildman–Crippen MR) is 130 cm³/mol. The molecule has 192 valence electrons. The second-order valence-electron chi connectivity index (χ2n) is 7.97. The van der Waals surface area contributed by atoms with Crippen molar-refractivity contribution in [3.8, 4) is 22.5 Å². The number of benzene rings is 3. The van der Waals surface area contributed by atoms with Crippen LogP contribution in [0.5, 0.6) is 0 Å². The van der Waals surface area contributed by atoms with Crippen molar-refractivity contribution in [1.82, 2.24) is 24.9 Å². The van der Waals surface area contributed by atoms with Gasteiger partial charge in [0.05, 0.1) is 16.1 Å². The van der Waals surface area contributed by atoms with E-state index >= 15 is 0 Å². The summed E-state index contributed by atoms with van der Waals surface area (Å²) in [7, 11) is -0.713. The molecule has 0 bridgehead atoms. The molecule has 0 atom stereocenters. The van der Waals surface area contributed by atoms with Gasteiger partial charge in [-0.25, -0.2) is 17.5 Å². The van der Waals surface area contributed by atoms with Gasteiger partial charge in [0, 0.05) is 25.3 Å². The number of alkyl halides is 3. The molecule has 0 aliphatic carbocycles. The Morgan fingerprint density at radius 2 is 1.65 bits per heavy atom. The summed E-state index contributed by atoms with van der Waals surface area (Å²) in [6.07, 6.45) is -4.55. The number of anilines is 2. The molecule has 0 saturated heterocycles. The molecule has 0 unspecified atom stereocenters. The topological polar surface area (TPSA) is 133 Å². The minimum Gasteiger partial charge on any atom is -0.308 e. The lowest BCUT2D eigenvalue weighted by atomic mass is 10.0. The summed E-state index contributed by atoms with van der Waals surface area (Å²) in [4.78, 5) is 12.7. The summed E-state index contributed by atoms with van der Waals surface area (Å²) in [5.41, 5.74) is 1.04. The molecule has 0 aliphatic rings. The maximum absolute atomic E-state index is 13.0. The first kappa shape index (κ1) is 25.8. The number of aromatic nitrogens is 4. The van der Waals surface area contributed by atoms with E-state index in [0.717, 1.165) is 16.4 Å². The molecule has 3 N–H and O–H groups in total. The summed E-state index contributed by atoms with van der Waals surface area (Å²) in [5, 5.41) is 18.7. The largest absolute Gasteiger partial charge is 0.416 e. The van der Waals surface area contributed by atoms with Crippen LogP contribution in [0.15, 0.2) is 71.6 Å². The Morgan fingerprint density at radius 3 is 2.27 bits per heavy atom. The molecular weight excluding hydrogens is 511 g/mol. The van der Waals surface area contributed by atoms with E-state index in [9.17, 15) is 26.4 Å². The molecule has 0 aliphatic heterocycles. The van der Waals surface area contributed by atoms with Crippen molar-refractivity contribution >= 4 is 27.4 Å². The lowest BCUT2D eigenvalue weighted by Gasteiger charge is -2.14. The first-order valence-corrected chi connectivity index (χ1v) is 12.1. The maximum atomic E-state index is 13.0. The molecule has 0 fully saturated rings. The highest BCUT2D eigenvalue weighted by atomic mass is 32.2. The van der Waals surface area contributed by atoms with Gasteiger partial charge in [0.25, 0.3) is 0 Å². The number of nitrogens with zero attached hydrogens (tertiary/aromatic N) is 4. The number of rotatable bonds is 6. The summed E-state index contributed by atoms with van der Waals surface area (Å²) in [6, 6.07) is 14.6. The Labute approximate surface area is 209 Å². The lowest BCUT2D eigenvalue weighted by molar-refractivity contribution is -0.137. The van der Waals surface area contributed by atoms with Crippen molar-refractivity contribution in [2.24, 2.45) is 0 Å². The summed E-state index contributed by atoms with van der Waals surface area (Å²) in [6.45, 7) is 0. The minimum absolute atomic E-state index is 0.0437. The number of aromatic amines is 1.